The number of carbonyl (C=O) groups excluding carboxylic acids is 3. The van der Waals surface area contributed by atoms with Crippen LogP contribution in [0.1, 0.15) is 44.2 Å². The van der Waals surface area contributed by atoms with E-state index in [9.17, 15) is 14.4 Å². The Morgan fingerprint density at radius 3 is 2.59 bits per heavy atom. The fourth-order valence-electron chi connectivity index (χ4n) is 7.67. The Hall–Kier alpha value is -2.75. The number of aryl methyl sites for hydroxylation is 2. The normalized spacial score (nSPS) is 36.4. The van der Waals surface area contributed by atoms with Gasteiger partial charge in [-0.25, -0.2) is 0 Å². The highest BCUT2D eigenvalue weighted by atomic mass is 16.5. The van der Waals surface area contributed by atoms with Crippen LogP contribution < -0.4 is 10.6 Å². The number of nitrogens with zero attached hydrogens (tertiary/aromatic N) is 2. The summed E-state index contributed by atoms with van der Waals surface area (Å²) in [4.78, 5) is 46.1. The molecule has 1 spiro atoms. The molecule has 4 heterocycles. The molecule has 6 rings (SSSR count). The van der Waals surface area contributed by atoms with E-state index in [0.717, 1.165) is 43.5 Å². The summed E-state index contributed by atoms with van der Waals surface area (Å²) in [5.41, 5.74) is 1.78. The molecule has 0 aromatic heterocycles. The molecule has 1 aromatic carbocycles. The maximum absolute atomic E-state index is 14.2. The molecular formula is C32H44N4O5. The lowest BCUT2D eigenvalue weighted by molar-refractivity contribution is -0.142. The van der Waals surface area contributed by atoms with Crippen molar-refractivity contribution in [1.29, 1.82) is 0 Å². The number of nitrogens with one attached hydrogen (secondary N) is 2. The minimum absolute atomic E-state index is 0.0596. The van der Waals surface area contributed by atoms with Gasteiger partial charge < -0.3 is 25.0 Å². The van der Waals surface area contributed by atoms with Crippen LogP contribution in [0.25, 0.3) is 0 Å². The SMILES string of the molecule is Cc1ccc(NC(=O)[C@H]2[C@H]3C=C[C@@]4(O3)[C@H]2C(=O)N(CCN2CCOCC2)[C@@H]4C(=O)N[C@@H]2CCC[C@H](C)[C@H]2C)cc1C. The molecule has 9 heteroatoms. The van der Waals surface area contributed by atoms with Crippen molar-refractivity contribution in [2.75, 3.05) is 44.7 Å². The second-order valence-corrected chi connectivity index (χ2v) is 12.9. The molecule has 2 N–H and O–H groups in total. The van der Waals surface area contributed by atoms with Crippen molar-refractivity contribution in [3.05, 3.63) is 41.5 Å². The molecule has 3 saturated heterocycles. The third-order valence-corrected chi connectivity index (χ3v) is 10.5. The van der Waals surface area contributed by atoms with E-state index in [1.165, 1.54) is 0 Å². The summed E-state index contributed by atoms with van der Waals surface area (Å²) in [5.74, 6) is -1.15. The Balaban J connectivity index is 1.27. The Labute approximate surface area is 243 Å². The number of rotatable bonds is 7. The van der Waals surface area contributed by atoms with Crippen molar-refractivity contribution in [1.82, 2.24) is 15.1 Å². The molecule has 0 unspecified atom stereocenters. The van der Waals surface area contributed by atoms with Crippen LogP contribution in [0, 0.1) is 37.5 Å². The molecule has 0 radical (unpaired) electrons. The first-order valence-corrected chi connectivity index (χ1v) is 15.4. The van der Waals surface area contributed by atoms with E-state index < -0.39 is 29.6 Å². The summed E-state index contributed by atoms with van der Waals surface area (Å²) in [6, 6.07) is 5.05. The van der Waals surface area contributed by atoms with Gasteiger partial charge in [-0.05, 0) is 55.4 Å². The highest BCUT2D eigenvalue weighted by Gasteiger charge is 2.72. The van der Waals surface area contributed by atoms with Gasteiger partial charge >= 0.3 is 0 Å². The molecule has 1 saturated carbocycles. The lowest BCUT2D eigenvalue weighted by Gasteiger charge is -2.38. The summed E-state index contributed by atoms with van der Waals surface area (Å²) < 4.78 is 12.0. The Kier molecular flexibility index (Phi) is 7.72. The maximum atomic E-state index is 14.2. The zero-order valence-electron chi connectivity index (χ0n) is 24.7. The largest absolute Gasteiger partial charge is 0.379 e. The molecular weight excluding hydrogens is 520 g/mol. The molecule has 9 nitrogen and oxygen atoms in total. The lowest BCUT2D eigenvalue weighted by atomic mass is 9.73. The summed E-state index contributed by atoms with van der Waals surface area (Å²) in [5, 5.41) is 6.37. The fourth-order valence-corrected chi connectivity index (χ4v) is 7.67. The molecule has 3 amide bonds. The first kappa shape index (κ1) is 28.4. The van der Waals surface area contributed by atoms with E-state index in [1.54, 1.807) is 4.90 Å². The number of benzene rings is 1. The summed E-state index contributed by atoms with van der Waals surface area (Å²) in [6.07, 6.45) is 6.41. The molecule has 4 fully saturated rings. The van der Waals surface area contributed by atoms with Gasteiger partial charge in [0.1, 0.15) is 11.6 Å². The van der Waals surface area contributed by atoms with Crippen LogP contribution in [0.3, 0.4) is 0 Å². The van der Waals surface area contributed by atoms with Crippen molar-refractivity contribution in [3.8, 4) is 0 Å². The number of amides is 3. The number of ether oxygens (including phenoxy) is 2. The summed E-state index contributed by atoms with van der Waals surface area (Å²) in [6.45, 7) is 12.5. The van der Waals surface area contributed by atoms with Crippen LogP contribution in [0.5, 0.6) is 0 Å². The van der Waals surface area contributed by atoms with E-state index >= 15 is 0 Å². The maximum Gasteiger partial charge on any atom is 0.246 e. The van der Waals surface area contributed by atoms with E-state index in [-0.39, 0.29) is 23.8 Å². The standard InChI is InChI=1S/C32H44N4O5/c1-19-8-9-23(18-21(19)3)33-29(37)26-25-10-11-32(41-25)27(26)31(39)36(13-12-35-14-16-40-17-15-35)28(32)30(38)34-24-7-5-6-20(2)22(24)4/h8-11,18,20,22,24-28H,5-7,12-17H2,1-4H3,(H,33,37)(H,34,38)/t20-,22+,24+,25+,26-,27+,28+,32+/m0/s1. The van der Waals surface area contributed by atoms with Crippen LogP contribution >= 0.6 is 0 Å². The zero-order valence-corrected chi connectivity index (χ0v) is 24.7. The highest BCUT2D eigenvalue weighted by Crippen LogP contribution is 2.55. The predicted octanol–water partition coefficient (Wildman–Crippen LogP) is 2.67. The van der Waals surface area contributed by atoms with Crippen molar-refractivity contribution in [2.45, 2.75) is 70.7 Å². The van der Waals surface area contributed by atoms with Gasteiger partial charge in [0.15, 0.2) is 0 Å². The van der Waals surface area contributed by atoms with Crippen LogP contribution in [0.15, 0.2) is 30.4 Å². The second-order valence-electron chi connectivity index (χ2n) is 12.9. The zero-order chi connectivity index (χ0) is 28.9. The molecule has 2 bridgehead atoms. The van der Waals surface area contributed by atoms with E-state index in [0.29, 0.717) is 43.8 Å². The van der Waals surface area contributed by atoms with Crippen molar-refractivity contribution >= 4 is 23.4 Å². The van der Waals surface area contributed by atoms with Gasteiger partial charge in [-0.15, -0.1) is 0 Å². The van der Waals surface area contributed by atoms with E-state index in [4.69, 9.17) is 9.47 Å². The Morgan fingerprint density at radius 2 is 1.83 bits per heavy atom. The third-order valence-electron chi connectivity index (χ3n) is 10.5. The summed E-state index contributed by atoms with van der Waals surface area (Å²) in [7, 11) is 0. The molecule has 1 aromatic rings. The minimum Gasteiger partial charge on any atom is -0.379 e. The van der Waals surface area contributed by atoms with E-state index in [1.807, 2.05) is 44.2 Å². The van der Waals surface area contributed by atoms with Gasteiger partial charge in [-0.2, -0.15) is 0 Å². The quantitative estimate of drug-likeness (QED) is 0.494. The number of likely N-dealkylation sites (tertiary alicyclic amines) is 1. The first-order chi connectivity index (χ1) is 19.7. The van der Waals surface area contributed by atoms with Gasteiger partial charge in [0.05, 0.1) is 31.2 Å². The Bertz CT molecular complexity index is 1230. The number of hydrogen-bond donors (Lipinski definition) is 2. The molecule has 5 aliphatic rings. The number of hydrogen-bond acceptors (Lipinski definition) is 6. The third kappa shape index (κ3) is 5.00. The van der Waals surface area contributed by atoms with Crippen LogP contribution in [-0.4, -0.2) is 90.7 Å². The van der Waals surface area contributed by atoms with Gasteiger partial charge in [0.25, 0.3) is 0 Å². The fraction of sp³-hybridized carbons (Fsp3) is 0.656. The number of morpholine rings is 1. The molecule has 1 aliphatic carbocycles. The van der Waals surface area contributed by atoms with Gasteiger partial charge in [0.2, 0.25) is 17.7 Å². The molecule has 8 atom stereocenters. The molecule has 222 valence electrons. The monoisotopic (exact) mass is 564 g/mol. The van der Waals surface area contributed by atoms with Crippen molar-refractivity contribution in [3.63, 3.8) is 0 Å². The lowest BCUT2D eigenvalue weighted by Crippen LogP contribution is -2.58. The highest BCUT2D eigenvalue weighted by molar-refractivity contribution is 6.02. The average molecular weight is 565 g/mol. The number of fused-ring (bicyclic) bond motifs is 1. The Morgan fingerprint density at radius 1 is 1.05 bits per heavy atom. The smallest absolute Gasteiger partial charge is 0.246 e. The first-order valence-electron chi connectivity index (χ1n) is 15.4. The second kappa shape index (κ2) is 11.2. The van der Waals surface area contributed by atoms with Gasteiger partial charge in [-0.3, -0.25) is 19.3 Å². The molecule has 41 heavy (non-hydrogen) atoms. The molecule has 4 aliphatic heterocycles. The average Bonchev–Trinajstić information content (AvgIpc) is 3.60. The van der Waals surface area contributed by atoms with Gasteiger partial charge in [0, 0.05) is 37.9 Å². The topological polar surface area (TPSA) is 100 Å². The number of anilines is 1. The predicted molar refractivity (Wildman–Crippen MR) is 155 cm³/mol. The number of carbonyl (C=O) groups is 3. The van der Waals surface area contributed by atoms with Crippen LogP contribution in [0.2, 0.25) is 0 Å². The van der Waals surface area contributed by atoms with Crippen molar-refractivity contribution < 1.29 is 23.9 Å². The van der Waals surface area contributed by atoms with Crippen LogP contribution in [0.4, 0.5) is 5.69 Å². The van der Waals surface area contributed by atoms with Gasteiger partial charge in [-0.1, -0.05) is 44.9 Å². The van der Waals surface area contributed by atoms with E-state index in [2.05, 4.69) is 29.4 Å². The van der Waals surface area contributed by atoms with Crippen LogP contribution in [-0.2, 0) is 23.9 Å². The summed E-state index contributed by atoms with van der Waals surface area (Å²) >= 11 is 0. The van der Waals surface area contributed by atoms with Crippen molar-refractivity contribution in [2.24, 2.45) is 23.7 Å². The minimum atomic E-state index is -1.15.